The van der Waals surface area contributed by atoms with Crippen molar-refractivity contribution in [1.29, 1.82) is 10.5 Å². The van der Waals surface area contributed by atoms with Gasteiger partial charge in [-0.05, 0) is 23.3 Å². The fourth-order valence-electron chi connectivity index (χ4n) is 1.98. The third-order valence-electron chi connectivity index (χ3n) is 3.11. The van der Waals surface area contributed by atoms with E-state index in [0.717, 1.165) is 16.8 Å². The normalized spacial score (nSPS) is 11.1. The number of hydrogen-bond donors (Lipinski definition) is 1. The van der Waals surface area contributed by atoms with E-state index in [9.17, 15) is 5.26 Å². The maximum absolute atomic E-state index is 9.25. The number of anilines is 1. The molecule has 2 aromatic carbocycles. The predicted molar refractivity (Wildman–Crippen MR) is 79.0 cm³/mol. The van der Waals surface area contributed by atoms with Gasteiger partial charge < -0.3 is 5.32 Å². The van der Waals surface area contributed by atoms with Crippen LogP contribution in [0.4, 0.5) is 5.69 Å². The van der Waals surface area contributed by atoms with Gasteiger partial charge in [0.1, 0.15) is 0 Å². The molecule has 2 aromatic rings. The average molecular weight is 261 g/mol. The second kappa shape index (κ2) is 6.97. The van der Waals surface area contributed by atoms with Crippen molar-refractivity contribution in [3.8, 4) is 12.1 Å². The summed E-state index contributed by atoms with van der Waals surface area (Å²) < 4.78 is 0. The summed E-state index contributed by atoms with van der Waals surface area (Å²) in [5.41, 5.74) is 2.98. The van der Waals surface area contributed by atoms with Crippen LogP contribution in [0.15, 0.2) is 54.6 Å². The van der Waals surface area contributed by atoms with Crippen molar-refractivity contribution in [3.05, 3.63) is 65.7 Å². The van der Waals surface area contributed by atoms with Gasteiger partial charge in [-0.25, -0.2) is 0 Å². The number of nitriles is 2. The quantitative estimate of drug-likeness (QED) is 0.896. The molecule has 0 aliphatic heterocycles. The summed E-state index contributed by atoms with van der Waals surface area (Å²) in [4.78, 5) is 0. The molecule has 0 fully saturated rings. The Balaban J connectivity index is 1.97. The van der Waals surface area contributed by atoms with Crippen molar-refractivity contribution in [2.75, 3.05) is 11.9 Å². The molecule has 3 heteroatoms. The molecular formula is C17H15N3. The molecule has 98 valence electrons. The molecule has 20 heavy (non-hydrogen) atoms. The Labute approximate surface area is 119 Å². The zero-order chi connectivity index (χ0) is 14.2. The van der Waals surface area contributed by atoms with Crippen molar-refractivity contribution in [2.45, 2.75) is 12.3 Å². The van der Waals surface area contributed by atoms with E-state index in [1.54, 1.807) is 0 Å². The molecule has 0 amide bonds. The Hall–Kier alpha value is -2.78. The van der Waals surface area contributed by atoms with Gasteiger partial charge in [-0.15, -0.1) is 0 Å². The molecule has 1 unspecified atom stereocenters. The summed E-state index contributed by atoms with van der Waals surface area (Å²) in [6.45, 7) is 0.568. The monoisotopic (exact) mass is 261 g/mol. The highest BCUT2D eigenvalue weighted by molar-refractivity contribution is 5.46. The van der Waals surface area contributed by atoms with Gasteiger partial charge in [0.25, 0.3) is 0 Å². The van der Waals surface area contributed by atoms with Crippen molar-refractivity contribution in [1.82, 2.24) is 0 Å². The predicted octanol–water partition coefficient (Wildman–Crippen LogP) is 3.47. The highest BCUT2D eigenvalue weighted by atomic mass is 14.9. The molecule has 0 aromatic heterocycles. The number of nitrogens with zero attached hydrogens (tertiary/aromatic N) is 2. The lowest BCUT2D eigenvalue weighted by Crippen LogP contribution is -2.11. The third-order valence-corrected chi connectivity index (χ3v) is 3.11. The minimum atomic E-state index is -0.171. The van der Waals surface area contributed by atoms with Gasteiger partial charge in [-0.1, -0.05) is 42.5 Å². The highest BCUT2D eigenvalue weighted by Gasteiger charge is 2.09. The number of benzene rings is 2. The first-order chi connectivity index (χ1) is 9.83. The number of nitrogens with one attached hydrogen (secondary N) is 1. The van der Waals surface area contributed by atoms with E-state index >= 15 is 0 Å². The second-order valence-electron chi connectivity index (χ2n) is 4.51. The average Bonchev–Trinajstić information content (AvgIpc) is 2.51. The minimum absolute atomic E-state index is 0.171. The van der Waals surface area contributed by atoms with Crippen LogP contribution in [0.5, 0.6) is 0 Å². The zero-order valence-corrected chi connectivity index (χ0v) is 11.1. The largest absolute Gasteiger partial charge is 0.383 e. The van der Waals surface area contributed by atoms with Crippen molar-refractivity contribution in [3.63, 3.8) is 0 Å². The topological polar surface area (TPSA) is 59.6 Å². The molecule has 0 saturated carbocycles. The first-order valence-electron chi connectivity index (χ1n) is 6.48. The molecule has 0 spiro atoms. The first-order valence-corrected chi connectivity index (χ1v) is 6.48. The molecule has 0 heterocycles. The molecule has 3 nitrogen and oxygen atoms in total. The first kappa shape index (κ1) is 13.6. The third kappa shape index (κ3) is 3.60. The molecule has 0 radical (unpaired) electrons. The Bertz CT molecular complexity index is 618. The maximum Gasteiger partial charge on any atom is 0.0885 e. The lowest BCUT2D eigenvalue weighted by Gasteiger charge is -2.12. The summed E-state index contributed by atoms with van der Waals surface area (Å²) in [5.74, 6) is -0.171. The van der Waals surface area contributed by atoms with E-state index in [1.807, 2.05) is 54.6 Å². The van der Waals surface area contributed by atoms with Crippen molar-refractivity contribution in [2.24, 2.45) is 0 Å². The summed E-state index contributed by atoms with van der Waals surface area (Å²) in [7, 11) is 0. The van der Waals surface area contributed by atoms with E-state index in [0.29, 0.717) is 13.0 Å². The Morgan fingerprint density at radius 1 is 0.950 bits per heavy atom. The maximum atomic E-state index is 9.25. The lowest BCUT2D eigenvalue weighted by atomic mass is 10.0. The summed E-state index contributed by atoms with van der Waals surface area (Å²) >= 11 is 0. The van der Waals surface area contributed by atoms with Gasteiger partial charge in [0, 0.05) is 12.2 Å². The Morgan fingerprint density at radius 2 is 1.65 bits per heavy atom. The molecule has 2 rings (SSSR count). The van der Waals surface area contributed by atoms with E-state index in [-0.39, 0.29) is 5.92 Å². The number of rotatable bonds is 5. The minimum Gasteiger partial charge on any atom is -0.383 e. The van der Waals surface area contributed by atoms with Crippen LogP contribution in [0.3, 0.4) is 0 Å². The van der Waals surface area contributed by atoms with Gasteiger partial charge in [-0.3, -0.25) is 0 Å². The molecular weight excluding hydrogens is 246 g/mol. The highest BCUT2D eigenvalue weighted by Crippen LogP contribution is 2.16. The van der Waals surface area contributed by atoms with Crippen LogP contribution in [0.2, 0.25) is 0 Å². The fraction of sp³-hybridized carbons (Fsp3) is 0.176. The van der Waals surface area contributed by atoms with Crippen LogP contribution in [0.1, 0.15) is 17.0 Å². The van der Waals surface area contributed by atoms with Crippen LogP contribution in [0.25, 0.3) is 0 Å². The molecule has 0 aliphatic rings. The van der Waals surface area contributed by atoms with Crippen LogP contribution < -0.4 is 5.32 Å². The van der Waals surface area contributed by atoms with Gasteiger partial charge in [-0.2, -0.15) is 10.5 Å². The summed E-state index contributed by atoms with van der Waals surface area (Å²) in [5, 5.41) is 21.1. The molecule has 0 bridgehead atoms. The number of hydrogen-bond acceptors (Lipinski definition) is 3. The van der Waals surface area contributed by atoms with Gasteiger partial charge in [0.15, 0.2) is 0 Å². The smallest absolute Gasteiger partial charge is 0.0885 e. The zero-order valence-electron chi connectivity index (χ0n) is 11.1. The molecule has 1 atom stereocenters. The van der Waals surface area contributed by atoms with Crippen LogP contribution in [-0.4, -0.2) is 6.54 Å². The van der Waals surface area contributed by atoms with Gasteiger partial charge >= 0.3 is 0 Å². The standard InChI is InChI=1S/C17H15N3/c18-11-10-14-6-8-17(9-7-14)20-13-16(12-19)15-4-2-1-3-5-15/h1-9,16,20H,10,13H2. The molecule has 0 aliphatic carbocycles. The van der Waals surface area contributed by atoms with Crippen LogP contribution in [-0.2, 0) is 6.42 Å². The molecule has 0 saturated heterocycles. The van der Waals surface area contributed by atoms with Crippen LogP contribution >= 0.6 is 0 Å². The Kier molecular flexibility index (Phi) is 4.76. The van der Waals surface area contributed by atoms with Gasteiger partial charge in [0.05, 0.1) is 24.5 Å². The van der Waals surface area contributed by atoms with Gasteiger partial charge in [0.2, 0.25) is 0 Å². The van der Waals surface area contributed by atoms with E-state index < -0.39 is 0 Å². The second-order valence-corrected chi connectivity index (χ2v) is 4.51. The van der Waals surface area contributed by atoms with Crippen LogP contribution in [0, 0.1) is 22.7 Å². The fourth-order valence-corrected chi connectivity index (χ4v) is 1.98. The van der Waals surface area contributed by atoms with Crippen molar-refractivity contribution >= 4 is 5.69 Å². The van der Waals surface area contributed by atoms with E-state index in [1.165, 1.54) is 0 Å². The summed E-state index contributed by atoms with van der Waals surface area (Å²) in [6.07, 6.45) is 0.422. The van der Waals surface area contributed by atoms with Crippen molar-refractivity contribution < 1.29 is 0 Å². The molecule has 1 N–H and O–H groups in total. The van der Waals surface area contributed by atoms with E-state index in [2.05, 4.69) is 17.5 Å². The lowest BCUT2D eigenvalue weighted by molar-refractivity contribution is 0.900. The SMILES string of the molecule is N#CCc1ccc(NCC(C#N)c2ccccc2)cc1. The Morgan fingerprint density at radius 3 is 2.25 bits per heavy atom. The summed E-state index contributed by atoms with van der Waals surface area (Å²) in [6, 6.07) is 21.9. The van der Waals surface area contributed by atoms with E-state index in [4.69, 9.17) is 5.26 Å².